The van der Waals surface area contributed by atoms with Crippen molar-refractivity contribution in [2.45, 2.75) is 13.5 Å². The molecule has 94 valence electrons. The zero-order valence-electron chi connectivity index (χ0n) is 9.87. The largest absolute Gasteiger partial charge is 0.478 e. The third-order valence-corrected chi connectivity index (χ3v) is 2.40. The van der Waals surface area contributed by atoms with Gasteiger partial charge in [-0.05, 0) is 13.0 Å². The fourth-order valence-electron chi connectivity index (χ4n) is 1.53. The standard InChI is InChI=1S/C11H13N5O2/c1-8-6-10(9(7-13-8)11(17)18)12-2-4-16-5-3-14-15-16/h3,5-7H,2,4H2,1H3,(H,12,13)(H,17,18). The van der Waals surface area contributed by atoms with E-state index in [4.69, 9.17) is 5.11 Å². The molecule has 0 aromatic carbocycles. The molecule has 0 atom stereocenters. The second-order valence-corrected chi connectivity index (χ2v) is 3.77. The van der Waals surface area contributed by atoms with Gasteiger partial charge in [-0.25, -0.2) is 4.79 Å². The van der Waals surface area contributed by atoms with Crippen molar-refractivity contribution in [3.05, 3.63) is 35.9 Å². The fraction of sp³-hybridized carbons (Fsp3) is 0.273. The number of nitrogens with zero attached hydrogens (tertiary/aromatic N) is 4. The van der Waals surface area contributed by atoms with Crippen molar-refractivity contribution < 1.29 is 9.90 Å². The van der Waals surface area contributed by atoms with E-state index < -0.39 is 5.97 Å². The molecule has 2 aromatic rings. The quantitative estimate of drug-likeness (QED) is 0.811. The van der Waals surface area contributed by atoms with E-state index in [9.17, 15) is 4.79 Å². The summed E-state index contributed by atoms with van der Waals surface area (Å²) in [5.41, 5.74) is 1.50. The third-order valence-electron chi connectivity index (χ3n) is 2.40. The Labute approximate surface area is 103 Å². The lowest BCUT2D eigenvalue weighted by Crippen LogP contribution is -2.14. The van der Waals surface area contributed by atoms with Crippen molar-refractivity contribution in [2.75, 3.05) is 11.9 Å². The van der Waals surface area contributed by atoms with Crippen molar-refractivity contribution in [1.29, 1.82) is 0 Å². The van der Waals surface area contributed by atoms with Crippen LogP contribution in [0.1, 0.15) is 16.1 Å². The summed E-state index contributed by atoms with van der Waals surface area (Å²) in [6.07, 6.45) is 4.70. The number of anilines is 1. The fourth-order valence-corrected chi connectivity index (χ4v) is 1.53. The lowest BCUT2D eigenvalue weighted by atomic mass is 10.2. The van der Waals surface area contributed by atoms with Gasteiger partial charge < -0.3 is 10.4 Å². The van der Waals surface area contributed by atoms with Crippen LogP contribution in [-0.2, 0) is 6.54 Å². The van der Waals surface area contributed by atoms with Gasteiger partial charge in [0.25, 0.3) is 0 Å². The highest BCUT2D eigenvalue weighted by Crippen LogP contribution is 2.15. The van der Waals surface area contributed by atoms with Gasteiger partial charge in [0.2, 0.25) is 0 Å². The van der Waals surface area contributed by atoms with Crippen molar-refractivity contribution in [3.8, 4) is 0 Å². The number of aromatic nitrogens is 4. The van der Waals surface area contributed by atoms with Crippen molar-refractivity contribution in [3.63, 3.8) is 0 Å². The summed E-state index contributed by atoms with van der Waals surface area (Å²) >= 11 is 0. The van der Waals surface area contributed by atoms with Gasteiger partial charge >= 0.3 is 5.97 Å². The predicted octanol–water partition coefficient (Wildman–Crippen LogP) is 0.792. The molecule has 0 amide bonds. The van der Waals surface area contributed by atoms with Crippen LogP contribution in [0.3, 0.4) is 0 Å². The molecule has 0 radical (unpaired) electrons. The van der Waals surface area contributed by atoms with Crippen LogP contribution in [0.15, 0.2) is 24.7 Å². The minimum absolute atomic E-state index is 0.166. The number of carbonyl (C=O) groups is 1. The minimum atomic E-state index is -0.995. The van der Waals surface area contributed by atoms with Crippen LogP contribution < -0.4 is 5.32 Å². The maximum absolute atomic E-state index is 11.0. The number of nitrogens with one attached hydrogen (secondary N) is 1. The summed E-state index contributed by atoms with van der Waals surface area (Å²) in [6, 6.07) is 1.71. The van der Waals surface area contributed by atoms with Crippen LogP contribution in [-0.4, -0.2) is 37.6 Å². The molecule has 0 bridgehead atoms. The molecule has 2 heterocycles. The SMILES string of the molecule is Cc1cc(NCCn2ccnn2)c(C(=O)O)cn1. The number of aromatic carboxylic acids is 1. The maximum atomic E-state index is 11.0. The molecule has 0 spiro atoms. The summed E-state index contributed by atoms with van der Waals surface area (Å²) in [4.78, 5) is 15.0. The van der Waals surface area contributed by atoms with E-state index >= 15 is 0 Å². The Morgan fingerprint density at radius 3 is 3.06 bits per heavy atom. The number of rotatable bonds is 5. The summed E-state index contributed by atoms with van der Waals surface area (Å²) in [7, 11) is 0. The average Bonchev–Trinajstić information content (AvgIpc) is 2.82. The Bertz CT molecular complexity index is 538. The summed E-state index contributed by atoms with van der Waals surface area (Å²) in [5.74, 6) is -0.995. The Balaban J connectivity index is 2.03. The van der Waals surface area contributed by atoms with Crippen molar-refractivity contribution in [2.24, 2.45) is 0 Å². The van der Waals surface area contributed by atoms with Crippen LogP contribution in [0, 0.1) is 6.92 Å². The van der Waals surface area contributed by atoms with Crippen LogP contribution in [0.25, 0.3) is 0 Å². The Morgan fingerprint density at radius 1 is 1.56 bits per heavy atom. The van der Waals surface area contributed by atoms with E-state index in [1.54, 1.807) is 23.1 Å². The highest BCUT2D eigenvalue weighted by molar-refractivity contribution is 5.93. The molecule has 0 aliphatic rings. The number of aryl methyl sites for hydroxylation is 1. The lowest BCUT2D eigenvalue weighted by Gasteiger charge is -2.09. The van der Waals surface area contributed by atoms with Crippen LogP contribution in [0.2, 0.25) is 0 Å². The zero-order chi connectivity index (χ0) is 13.0. The van der Waals surface area contributed by atoms with Gasteiger partial charge in [-0.2, -0.15) is 0 Å². The summed E-state index contributed by atoms with van der Waals surface area (Å²) in [6.45, 7) is 2.99. The van der Waals surface area contributed by atoms with Crippen LogP contribution >= 0.6 is 0 Å². The molecule has 7 nitrogen and oxygen atoms in total. The van der Waals surface area contributed by atoms with E-state index in [-0.39, 0.29) is 5.56 Å². The van der Waals surface area contributed by atoms with E-state index in [1.807, 2.05) is 6.92 Å². The molecule has 0 aliphatic heterocycles. The number of hydrogen-bond donors (Lipinski definition) is 2. The van der Waals surface area contributed by atoms with Gasteiger partial charge in [0.05, 0.1) is 18.4 Å². The molecule has 0 saturated heterocycles. The molecule has 0 saturated carbocycles. The van der Waals surface area contributed by atoms with Gasteiger partial charge in [-0.3, -0.25) is 9.67 Å². The highest BCUT2D eigenvalue weighted by atomic mass is 16.4. The first-order valence-electron chi connectivity index (χ1n) is 5.45. The maximum Gasteiger partial charge on any atom is 0.339 e. The monoisotopic (exact) mass is 247 g/mol. The van der Waals surface area contributed by atoms with Gasteiger partial charge in [0, 0.05) is 24.6 Å². The van der Waals surface area contributed by atoms with Crippen LogP contribution in [0.4, 0.5) is 5.69 Å². The molecule has 18 heavy (non-hydrogen) atoms. The lowest BCUT2D eigenvalue weighted by molar-refractivity contribution is 0.0697. The molecule has 7 heteroatoms. The zero-order valence-corrected chi connectivity index (χ0v) is 9.87. The molecule has 0 fully saturated rings. The Morgan fingerprint density at radius 2 is 2.39 bits per heavy atom. The Hall–Kier alpha value is -2.44. The molecular formula is C11H13N5O2. The highest BCUT2D eigenvalue weighted by Gasteiger charge is 2.10. The second-order valence-electron chi connectivity index (χ2n) is 3.77. The first kappa shape index (κ1) is 12.0. The van der Waals surface area contributed by atoms with Crippen molar-refractivity contribution >= 4 is 11.7 Å². The predicted molar refractivity (Wildman–Crippen MR) is 64.4 cm³/mol. The van der Waals surface area contributed by atoms with Gasteiger partial charge in [0.1, 0.15) is 5.56 Å². The smallest absolute Gasteiger partial charge is 0.339 e. The first-order valence-corrected chi connectivity index (χ1v) is 5.45. The van der Waals surface area contributed by atoms with E-state index in [2.05, 4.69) is 20.6 Å². The summed E-state index contributed by atoms with van der Waals surface area (Å²) in [5, 5.41) is 19.6. The van der Waals surface area contributed by atoms with E-state index in [0.717, 1.165) is 5.69 Å². The van der Waals surface area contributed by atoms with Gasteiger partial charge in [-0.1, -0.05) is 5.21 Å². The van der Waals surface area contributed by atoms with Gasteiger partial charge in [-0.15, -0.1) is 5.10 Å². The molecule has 2 N–H and O–H groups in total. The molecule has 2 aromatic heterocycles. The normalized spacial score (nSPS) is 10.3. The molecule has 2 rings (SSSR count). The molecule has 0 unspecified atom stereocenters. The van der Waals surface area contributed by atoms with E-state index in [1.165, 1.54) is 6.20 Å². The molecule has 0 aliphatic carbocycles. The first-order chi connectivity index (χ1) is 8.66. The number of carboxylic acid groups (broad SMARTS) is 1. The Kier molecular flexibility index (Phi) is 3.52. The number of hydrogen-bond acceptors (Lipinski definition) is 5. The van der Waals surface area contributed by atoms with Crippen LogP contribution in [0.5, 0.6) is 0 Å². The third kappa shape index (κ3) is 2.82. The second kappa shape index (κ2) is 5.26. The van der Waals surface area contributed by atoms with Crippen molar-refractivity contribution in [1.82, 2.24) is 20.0 Å². The number of carboxylic acids is 1. The average molecular weight is 247 g/mol. The van der Waals surface area contributed by atoms with Gasteiger partial charge in [0.15, 0.2) is 0 Å². The van der Waals surface area contributed by atoms with E-state index in [0.29, 0.717) is 18.8 Å². The molecular weight excluding hydrogens is 234 g/mol. The minimum Gasteiger partial charge on any atom is -0.478 e. The topological polar surface area (TPSA) is 92.9 Å². The number of pyridine rings is 1. The summed E-state index contributed by atoms with van der Waals surface area (Å²) < 4.78 is 1.67.